The molecule has 1 fully saturated rings. The van der Waals surface area contributed by atoms with Gasteiger partial charge in [-0.3, -0.25) is 0 Å². The van der Waals surface area contributed by atoms with Crippen LogP contribution in [0.5, 0.6) is 11.5 Å². The van der Waals surface area contributed by atoms with E-state index in [0.29, 0.717) is 31.7 Å². The van der Waals surface area contributed by atoms with E-state index in [0.717, 1.165) is 18.6 Å². The van der Waals surface area contributed by atoms with E-state index in [1.165, 1.54) is 12.7 Å². The molecule has 26 heavy (non-hydrogen) atoms. The quantitative estimate of drug-likeness (QED) is 0.829. The summed E-state index contributed by atoms with van der Waals surface area (Å²) in [6.45, 7) is 0.922. The Morgan fingerprint density at radius 3 is 2.46 bits per heavy atom. The lowest BCUT2D eigenvalue weighted by atomic mass is 9.84. The van der Waals surface area contributed by atoms with E-state index in [1.54, 1.807) is 28.6 Å². The summed E-state index contributed by atoms with van der Waals surface area (Å²) in [4.78, 5) is 0.230. The van der Waals surface area contributed by atoms with Crippen LogP contribution in [-0.2, 0) is 16.4 Å². The second kappa shape index (κ2) is 6.59. The summed E-state index contributed by atoms with van der Waals surface area (Å²) < 4.78 is 39.2. The van der Waals surface area contributed by atoms with Gasteiger partial charge in [0.1, 0.15) is 22.0 Å². The SMILES string of the molecule is COc1ccccc1S(=O)(=O)N1CCC2(CCc3ccccc3O2)CC1. The number of ether oxygens (including phenoxy) is 2. The number of hydrogen-bond acceptors (Lipinski definition) is 4. The highest BCUT2D eigenvalue weighted by atomic mass is 32.2. The van der Waals surface area contributed by atoms with Gasteiger partial charge >= 0.3 is 0 Å². The number of rotatable bonds is 3. The van der Waals surface area contributed by atoms with Crippen LogP contribution in [0.4, 0.5) is 0 Å². The number of nitrogens with zero attached hydrogens (tertiary/aromatic N) is 1. The van der Waals surface area contributed by atoms with Crippen molar-refractivity contribution in [3.8, 4) is 11.5 Å². The molecule has 1 spiro atoms. The topological polar surface area (TPSA) is 55.8 Å². The average molecular weight is 373 g/mol. The van der Waals surface area contributed by atoms with Crippen LogP contribution in [0.1, 0.15) is 24.8 Å². The molecule has 0 bridgehead atoms. The number of hydrogen-bond donors (Lipinski definition) is 0. The van der Waals surface area contributed by atoms with Gasteiger partial charge in [-0.1, -0.05) is 30.3 Å². The molecule has 0 atom stereocenters. The minimum atomic E-state index is -3.57. The summed E-state index contributed by atoms with van der Waals surface area (Å²) in [7, 11) is -2.07. The van der Waals surface area contributed by atoms with Gasteiger partial charge in [-0.15, -0.1) is 0 Å². The molecule has 0 unspecified atom stereocenters. The second-order valence-electron chi connectivity index (χ2n) is 6.95. The molecule has 5 nitrogen and oxygen atoms in total. The third-order valence-corrected chi connectivity index (χ3v) is 7.41. The third-order valence-electron chi connectivity index (χ3n) is 5.47. The molecule has 0 aromatic heterocycles. The lowest BCUT2D eigenvalue weighted by molar-refractivity contribution is 0.00179. The second-order valence-corrected chi connectivity index (χ2v) is 8.85. The van der Waals surface area contributed by atoms with Crippen molar-refractivity contribution < 1.29 is 17.9 Å². The zero-order chi connectivity index (χ0) is 18.2. The van der Waals surface area contributed by atoms with Crippen LogP contribution in [0, 0.1) is 0 Å². The predicted octanol–water partition coefficient (Wildman–Crippen LogP) is 3.24. The maximum Gasteiger partial charge on any atom is 0.246 e. The van der Waals surface area contributed by atoms with Gasteiger partial charge in [0.15, 0.2) is 0 Å². The van der Waals surface area contributed by atoms with Crippen LogP contribution in [0.15, 0.2) is 53.4 Å². The molecular weight excluding hydrogens is 350 g/mol. The Kier molecular flexibility index (Phi) is 4.40. The largest absolute Gasteiger partial charge is 0.495 e. The number of para-hydroxylation sites is 2. The van der Waals surface area contributed by atoms with Crippen LogP contribution >= 0.6 is 0 Å². The molecule has 6 heteroatoms. The average Bonchev–Trinajstić information content (AvgIpc) is 2.68. The fourth-order valence-corrected chi connectivity index (χ4v) is 5.51. The molecule has 2 aliphatic rings. The summed E-state index contributed by atoms with van der Waals surface area (Å²) >= 11 is 0. The van der Waals surface area contributed by atoms with E-state index in [2.05, 4.69) is 6.07 Å². The lowest BCUT2D eigenvalue weighted by Gasteiger charge is -2.44. The fourth-order valence-electron chi connectivity index (χ4n) is 3.91. The van der Waals surface area contributed by atoms with Crippen LogP contribution in [0.2, 0.25) is 0 Å². The van der Waals surface area contributed by atoms with Gasteiger partial charge in [0.25, 0.3) is 0 Å². The van der Waals surface area contributed by atoms with Crippen molar-refractivity contribution >= 4 is 10.0 Å². The monoisotopic (exact) mass is 373 g/mol. The molecule has 0 aliphatic carbocycles. The number of fused-ring (bicyclic) bond motifs is 1. The molecule has 138 valence electrons. The van der Waals surface area contributed by atoms with Crippen LogP contribution in [0.25, 0.3) is 0 Å². The molecule has 0 amide bonds. The van der Waals surface area contributed by atoms with E-state index in [9.17, 15) is 8.42 Å². The Morgan fingerprint density at radius 1 is 1.00 bits per heavy atom. The van der Waals surface area contributed by atoms with Crippen molar-refractivity contribution in [2.75, 3.05) is 20.2 Å². The Labute approximate surface area is 154 Å². The van der Waals surface area contributed by atoms with Crippen molar-refractivity contribution in [1.29, 1.82) is 0 Å². The first-order chi connectivity index (χ1) is 12.5. The van der Waals surface area contributed by atoms with Gasteiger partial charge in [0, 0.05) is 25.9 Å². The molecule has 4 rings (SSSR count). The summed E-state index contributed by atoms with van der Waals surface area (Å²) in [6, 6.07) is 14.9. The maximum atomic E-state index is 13.0. The fraction of sp³-hybridized carbons (Fsp3) is 0.400. The first-order valence-corrected chi connectivity index (χ1v) is 10.4. The number of piperidine rings is 1. The Bertz CT molecular complexity index is 902. The summed E-state index contributed by atoms with van der Waals surface area (Å²) in [6.07, 6.45) is 3.33. The van der Waals surface area contributed by atoms with E-state index < -0.39 is 10.0 Å². The summed E-state index contributed by atoms with van der Waals surface area (Å²) in [5.41, 5.74) is 0.989. The highest BCUT2D eigenvalue weighted by Gasteiger charge is 2.42. The van der Waals surface area contributed by atoms with Gasteiger partial charge in [-0.25, -0.2) is 8.42 Å². The van der Waals surface area contributed by atoms with Crippen molar-refractivity contribution in [3.63, 3.8) is 0 Å². The van der Waals surface area contributed by atoms with E-state index in [1.807, 2.05) is 18.2 Å². The normalized spacial score (nSPS) is 19.6. The zero-order valence-corrected chi connectivity index (χ0v) is 15.7. The van der Waals surface area contributed by atoms with Crippen molar-refractivity contribution in [2.45, 2.75) is 36.2 Å². The smallest absolute Gasteiger partial charge is 0.246 e. The number of benzene rings is 2. The zero-order valence-electron chi connectivity index (χ0n) is 14.8. The first-order valence-electron chi connectivity index (χ1n) is 8.94. The molecule has 0 N–H and O–H groups in total. The van der Waals surface area contributed by atoms with Crippen molar-refractivity contribution in [1.82, 2.24) is 4.31 Å². The first kappa shape index (κ1) is 17.4. The molecular formula is C20H23NO4S. The molecule has 0 radical (unpaired) electrons. The standard InChI is InChI=1S/C20H23NO4S/c1-24-18-8-4-5-9-19(18)26(22,23)21-14-12-20(13-15-21)11-10-16-6-2-3-7-17(16)25-20/h2-9H,10-15H2,1H3. The van der Waals surface area contributed by atoms with Crippen molar-refractivity contribution in [3.05, 3.63) is 54.1 Å². The van der Waals surface area contributed by atoms with Gasteiger partial charge in [-0.05, 0) is 36.6 Å². The molecule has 2 aromatic rings. The van der Waals surface area contributed by atoms with E-state index in [4.69, 9.17) is 9.47 Å². The van der Waals surface area contributed by atoms with Gasteiger partial charge in [-0.2, -0.15) is 4.31 Å². The maximum absolute atomic E-state index is 13.0. The highest BCUT2D eigenvalue weighted by molar-refractivity contribution is 7.89. The molecule has 0 saturated carbocycles. The molecule has 2 heterocycles. The lowest BCUT2D eigenvalue weighted by Crippen LogP contribution is -2.51. The van der Waals surface area contributed by atoms with Gasteiger partial charge in [0.2, 0.25) is 10.0 Å². The Balaban J connectivity index is 1.52. The number of sulfonamides is 1. The van der Waals surface area contributed by atoms with Crippen LogP contribution < -0.4 is 9.47 Å². The summed E-state index contributed by atoms with van der Waals surface area (Å²) in [5.74, 6) is 1.33. The minimum absolute atomic E-state index is 0.230. The number of methoxy groups -OCH3 is 1. The Morgan fingerprint density at radius 2 is 1.69 bits per heavy atom. The Hall–Kier alpha value is -2.05. The number of aryl methyl sites for hydroxylation is 1. The van der Waals surface area contributed by atoms with E-state index in [-0.39, 0.29) is 10.5 Å². The van der Waals surface area contributed by atoms with Crippen LogP contribution in [0.3, 0.4) is 0 Å². The van der Waals surface area contributed by atoms with E-state index >= 15 is 0 Å². The van der Waals surface area contributed by atoms with Crippen LogP contribution in [-0.4, -0.2) is 38.5 Å². The molecule has 1 saturated heterocycles. The molecule has 2 aliphatic heterocycles. The predicted molar refractivity (Wildman–Crippen MR) is 99.1 cm³/mol. The minimum Gasteiger partial charge on any atom is -0.495 e. The van der Waals surface area contributed by atoms with Crippen molar-refractivity contribution in [2.24, 2.45) is 0 Å². The molecule has 2 aromatic carbocycles. The highest BCUT2D eigenvalue weighted by Crippen LogP contribution is 2.40. The van der Waals surface area contributed by atoms with Gasteiger partial charge in [0.05, 0.1) is 7.11 Å². The summed E-state index contributed by atoms with van der Waals surface area (Å²) in [5, 5.41) is 0. The van der Waals surface area contributed by atoms with Gasteiger partial charge < -0.3 is 9.47 Å². The third kappa shape index (κ3) is 2.97.